The molecule has 0 unspecified atom stereocenters. The summed E-state index contributed by atoms with van der Waals surface area (Å²) in [4.78, 5) is 32.4. The number of methoxy groups -OCH3 is 2. The Bertz CT molecular complexity index is 1530. The average Bonchev–Trinajstić information content (AvgIpc) is 3.57. The second-order valence-corrected chi connectivity index (χ2v) is 9.38. The van der Waals surface area contributed by atoms with E-state index in [-0.39, 0.29) is 19.6 Å². The van der Waals surface area contributed by atoms with Crippen molar-refractivity contribution in [3.63, 3.8) is 0 Å². The van der Waals surface area contributed by atoms with Crippen molar-refractivity contribution in [3.05, 3.63) is 102 Å². The van der Waals surface area contributed by atoms with Crippen molar-refractivity contribution in [3.8, 4) is 23.0 Å². The van der Waals surface area contributed by atoms with Gasteiger partial charge >= 0.3 is 6.09 Å². The number of hydrogen-bond donors (Lipinski definition) is 3. The zero-order valence-electron chi connectivity index (χ0n) is 24.7. The van der Waals surface area contributed by atoms with Gasteiger partial charge in [-0.05, 0) is 54.4 Å². The lowest BCUT2D eigenvalue weighted by atomic mass is 10.1. The van der Waals surface area contributed by atoms with Crippen molar-refractivity contribution in [1.29, 1.82) is 0 Å². The Balaban J connectivity index is 1.39. The number of H-pyrrole nitrogens is 1. The molecule has 0 aliphatic carbocycles. The summed E-state index contributed by atoms with van der Waals surface area (Å²) in [6.45, 7) is 2.58. The van der Waals surface area contributed by atoms with Crippen LogP contribution in [0.4, 0.5) is 4.79 Å². The molecule has 1 aromatic heterocycles. The van der Waals surface area contributed by atoms with Gasteiger partial charge in [-0.1, -0.05) is 30.3 Å². The maximum absolute atomic E-state index is 13.0. The predicted octanol–water partition coefficient (Wildman–Crippen LogP) is 4.39. The van der Waals surface area contributed by atoms with Gasteiger partial charge in [-0.25, -0.2) is 15.2 Å². The van der Waals surface area contributed by atoms with Gasteiger partial charge in [0.2, 0.25) is 0 Å². The first-order valence-electron chi connectivity index (χ1n) is 13.9. The fourth-order valence-electron chi connectivity index (χ4n) is 4.12. The van der Waals surface area contributed by atoms with Gasteiger partial charge in [-0.2, -0.15) is 5.10 Å². The first-order chi connectivity index (χ1) is 21.5. The third-order valence-electron chi connectivity index (χ3n) is 6.33. The van der Waals surface area contributed by atoms with Crippen LogP contribution in [-0.2, 0) is 29.2 Å². The fraction of sp³-hybridized carbons (Fsp3) is 0.250. The third kappa shape index (κ3) is 9.24. The lowest BCUT2D eigenvalue weighted by Gasteiger charge is -2.16. The first kappa shape index (κ1) is 31.4. The molecule has 0 saturated heterocycles. The number of aromatic amines is 1. The molecule has 44 heavy (non-hydrogen) atoms. The molecule has 3 aromatic carbocycles. The van der Waals surface area contributed by atoms with E-state index in [0.29, 0.717) is 40.9 Å². The summed E-state index contributed by atoms with van der Waals surface area (Å²) in [5.41, 5.74) is 5.43. The fourth-order valence-corrected chi connectivity index (χ4v) is 4.12. The van der Waals surface area contributed by atoms with E-state index >= 15 is 0 Å². The molecule has 0 aliphatic heterocycles. The van der Waals surface area contributed by atoms with Crippen molar-refractivity contribution in [2.45, 2.75) is 32.6 Å². The van der Waals surface area contributed by atoms with Gasteiger partial charge in [0.15, 0.2) is 11.5 Å². The van der Waals surface area contributed by atoms with E-state index in [1.54, 1.807) is 38.6 Å². The molecule has 1 atom stereocenters. The maximum Gasteiger partial charge on any atom is 0.408 e. The number of rotatable bonds is 15. The van der Waals surface area contributed by atoms with Gasteiger partial charge in [0.1, 0.15) is 30.8 Å². The lowest BCUT2D eigenvalue weighted by molar-refractivity contribution is -0.123. The maximum atomic E-state index is 13.0. The standard InChI is InChI=1S/C32H35N5O7/c1-4-42-30-14-23(10-12-29(30)43-20-24-15-26(40-2)11-13-28(24)41-3)17-35-37-31(38)27(16-25-18-33-21-34-25)36-32(39)44-19-22-8-6-5-7-9-22/h5-15,17-18,21,27H,4,16,19-20H2,1-3H3,(H,33,34)(H,36,39)(H,37,38)/b35-17-/t27-/m0/s1. The van der Waals surface area contributed by atoms with Crippen molar-refractivity contribution < 1.29 is 33.3 Å². The topological polar surface area (TPSA) is 145 Å². The van der Waals surface area contributed by atoms with Crippen LogP contribution in [0, 0.1) is 0 Å². The van der Waals surface area contributed by atoms with Gasteiger partial charge in [0.05, 0.1) is 33.4 Å². The minimum Gasteiger partial charge on any atom is -0.497 e. The smallest absolute Gasteiger partial charge is 0.408 e. The quantitative estimate of drug-likeness (QED) is 0.134. The normalized spacial score (nSPS) is 11.4. The van der Waals surface area contributed by atoms with Crippen LogP contribution in [0.15, 0.2) is 84.4 Å². The van der Waals surface area contributed by atoms with Crippen molar-refractivity contribution in [2.75, 3.05) is 20.8 Å². The van der Waals surface area contributed by atoms with Crippen LogP contribution in [0.2, 0.25) is 0 Å². The summed E-state index contributed by atoms with van der Waals surface area (Å²) < 4.78 is 27.9. The molecule has 0 saturated carbocycles. The number of nitrogens with one attached hydrogen (secondary N) is 3. The molecule has 230 valence electrons. The molecule has 0 spiro atoms. The largest absolute Gasteiger partial charge is 0.497 e. The number of alkyl carbamates (subject to hydrolysis) is 1. The Morgan fingerprint density at radius 2 is 1.77 bits per heavy atom. The van der Waals surface area contributed by atoms with Gasteiger partial charge < -0.3 is 34.0 Å². The zero-order valence-corrected chi connectivity index (χ0v) is 24.7. The number of carbonyl (C=O) groups is 2. The van der Waals surface area contributed by atoms with Gasteiger partial charge in [0.25, 0.3) is 5.91 Å². The number of hydrogen-bond acceptors (Lipinski definition) is 9. The Morgan fingerprint density at radius 1 is 0.955 bits per heavy atom. The lowest BCUT2D eigenvalue weighted by Crippen LogP contribution is -2.47. The van der Waals surface area contributed by atoms with E-state index < -0.39 is 18.0 Å². The molecule has 2 amide bonds. The highest BCUT2D eigenvalue weighted by Crippen LogP contribution is 2.31. The summed E-state index contributed by atoms with van der Waals surface area (Å²) in [7, 11) is 3.19. The van der Waals surface area contributed by atoms with Crippen molar-refractivity contribution >= 4 is 18.2 Å². The molecule has 3 N–H and O–H groups in total. The minimum absolute atomic E-state index is 0.0676. The predicted molar refractivity (Wildman–Crippen MR) is 163 cm³/mol. The minimum atomic E-state index is -0.973. The van der Waals surface area contributed by atoms with E-state index in [1.165, 1.54) is 12.5 Å². The molecular formula is C32H35N5O7. The van der Waals surface area contributed by atoms with Crippen LogP contribution in [0.25, 0.3) is 0 Å². The average molecular weight is 602 g/mol. The summed E-state index contributed by atoms with van der Waals surface area (Å²) in [6.07, 6.45) is 3.95. The summed E-state index contributed by atoms with van der Waals surface area (Å²) in [5.74, 6) is 1.85. The molecule has 1 heterocycles. The Hall–Kier alpha value is -5.52. The molecular weight excluding hydrogens is 566 g/mol. The zero-order chi connectivity index (χ0) is 31.1. The van der Waals surface area contributed by atoms with Crippen LogP contribution >= 0.6 is 0 Å². The van der Waals surface area contributed by atoms with Crippen LogP contribution in [0.1, 0.15) is 29.3 Å². The Morgan fingerprint density at radius 3 is 2.50 bits per heavy atom. The van der Waals surface area contributed by atoms with Gasteiger partial charge in [-0.15, -0.1) is 0 Å². The second kappa shape index (κ2) is 16.2. The molecule has 0 radical (unpaired) electrons. The Kier molecular flexibility index (Phi) is 11.6. The third-order valence-corrected chi connectivity index (χ3v) is 6.33. The number of nitrogens with zero attached hydrogens (tertiary/aromatic N) is 2. The van der Waals surface area contributed by atoms with E-state index in [0.717, 1.165) is 11.1 Å². The number of carbonyl (C=O) groups excluding carboxylic acids is 2. The highest BCUT2D eigenvalue weighted by atomic mass is 16.5. The summed E-state index contributed by atoms with van der Waals surface area (Å²) >= 11 is 0. The van der Waals surface area contributed by atoms with E-state index in [4.69, 9.17) is 23.7 Å². The Labute approximate surface area is 255 Å². The molecule has 0 bridgehead atoms. The van der Waals surface area contributed by atoms with E-state index in [1.807, 2.05) is 55.5 Å². The number of ether oxygens (including phenoxy) is 5. The monoisotopic (exact) mass is 601 g/mol. The molecule has 0 aliphatic rings. The van der Waals surface area contributed by atoms with Crippen LogP contribution in [0.3, 0.4) is 0 Å². The first-order valence-corrected chi connectivity index (χ1v) is 13.9. The van der Waals surface area contributed by atoms with Gasteiger partial charge in [-0.3, -0.25) is 4.79 Å². The molecule has 0 fully saturated rings. The van der Waals surface area contributed by atoms with Crippen molar-refractivity contribution in [2.24, 2.45) is 5.10 Å². The number of amides is 2. The van der Waals surface area contributed by atoms with Gasteiger partial charge in [0, 0.05) is 23.9 Å². The van der Waals surface area contributed by atoms with Crippen LogP contribution < -0.4 is 29.7 Å². The van der Waals surface area contributed by atoms with Crippen LogP contribution in [0.5, 0.6) is 23.0 Å². The summed E-state index contributed by atoms with van der Waals surface area (Å²) in [5, 5.41) is 6.69. The number of imidazole rings is 1. The van der Waals surface area contributed by atoms with E-state index in [9.17, 15) is 9.59 Å². The second-order valence-electron chi connectivity index (χ2n) is 9.38. The highest BCUT2D eigenvalue weighted by molar-refractivity contribution is 5.87. The highest BCUT2D eigenvalue weighted by Gasteiger charge is 2.22. The molecule has 12 nitrogen and oxygen atoms in total. The number of aromatic nitrogens is 2. The van der Waals surface area contributed by atoms with E-state index in [2.05, 4.69) is 25.8 Å². The summed E-state index contributed by atoms with van der Waals surface area (Å²) in [6, 6.07) is 19.0. The molecule has 4 rings (SSSR count). The molecule has 4 aromatic rings. The SMILES string of the molecule is CCOc1cc(/C=N\NC(=O)[C@H](Cc2cnc[nH]2)NC(=O)OCc2ccccc2)ccc1OCc1cc(OC)ccc1OC. The molecule has 12 heteroatoms. The van der Waals surface area contributed by atoms with Crippen molar-refractivity contribution in [1.82, 2.24) is 20.7 Å². The number of benzene rings is 3. The number of hydrazone groups is 1. The van der Waals surface area contributed by atoms with Crippen LogP contribution in [-0.4, -0.2) is 55.1 Å².